The van der Waals surface area contributed by atoms with E-state index in [1.165, 1.54) is 36.0 Å². The molecule has 0 unspecified atom stereocenters. The number of nitrogens with zero attached hydrogens (tertiary/aromatic N) is 5. The highest BCUT2D eigenvalue weighted by Crippen LogP contribution is 2.31. The van der Waals surface area contributed by atoms with Crippen LogP contribution in [0.1, 0.15) is 37.7 Å². The van der Waals surface area contributed by atoms with Crippen LogP contribution in [0.2, 0.25) is 0 Å². The van der Waals surface area contributed by atoms with Crippen molar-refractivity contribution < 1.29 is 4.74 Å². The van der Waals surface area contributed by atoms with Crippen LogP contribution in [-0.2, 0) is 6.54 Å². The lowest BCUT2D eigenvalue weighted by molar-refractivity contribution is 0.285. The zero-order valence-corrected chi connectivity index (χ0v) is 16.3. The molecule has 5 rings (SSSR count). The second-order valence-electron chi connectivity index (χ2n) is 7.74. The van der Waals surface area contributed by atoms with Gasteiger partial charge in [-0.15, -0.1) is 0 Å². The van der Waals surface area contributed by atoms with Gasteiger partial charge in [-0.1, -0.05) is 12.1 Å². The van der Waals surface area contributed by atoms with E-state index < -0.39 is 0 Å². The fourth-order valence-corrected chi connectivity index (χ4v) is 4.44. The van der Waals surface area contributed by atoms with Crippen LogP contribution in [0.15, 0.2) is 50.7 Å². The molecule has 28 heavy (non-hydrogen) atoms. The normalized spacial score (nSPS) is 21.4. The van der Waals surface area contributed by atoms with Crippen LogP contribution in [0, 0.1) is 0 Å². The summed E-state index contributed by atoms with van der Waals surface area (Å²) in [6, 6.07) is 8.26. The summed E-state index contributed by atoms with van der Waals surface area (Å²) in [5.74, 6) is 1.88. The summed E-state index contributed by atoms with van der Waals surface area (Å²) in [6.07, 6.45) is 5.75. The van der Waals surface area contributed by atoms with Crippen molar-refractivity contribution in [1.29, 1.82) is 0 Å². The van der Waals surface area contributed by atoms with Crippen LogP contribution < -0.4 is 10.3 Å². The highest BCUT2D eigenvalue weighted by molar-refractivity contribution is 6.54. The minimum Gasteiger partial charge on any atom is -0.497 e. The molecule has 7 heteroatoms. The number of nitrogens with one attached hydrogen (secondary N) is 1. The van der Waals surface area contributed by atoms with E-state index >= 15 is 0 Å². The van der Waals surface area contributed by atoms with Gasteiger partial charge in [0.05, 0.1) is 25.9 Å². The Morgan fingerprint density at radius 2 is 1.86 bits per heavy atom. The van der Waals surface area contributed by atoms with Gasteiger partial charge in [-0.05, 0) is 55.4 Å². The number of methoxy groups -OCH3 is 1. The van der Waals surface area contributed by atoms with E-state index in [0.29, 0.717) is 0 Å². The smallest absolute Gasteiger partial charge is 0.177 e. The molecular weight excluding hydrogens is 352 g/mol. The molecule has 3 aliphatic heterocycles. The van der Waals surface area contributed by atoms with Gasteiger partial charge in [0.25, 0.3) is 0 Å². The summed E-state index contributed by atoms with van der Waals surface area (Å²) in [7, 11) is 1.70. The summed E-state index contributed by atoms with van der Waals surface area (Å²) in [6.45, 7) is 3.69. The molecule has 3 heterocycles. The average molecular weight is 378 g/mol. The second kappa shape index (κ2) is 7.30. The number of ether oxygens (including phenoxy) is 1. The third-order valence-electron chi connectivity index (χ3n) is 5.89. The van der Waals surface area contributed by atoms with Gasteiger partial charge in [0, 0.05) is 18.7 Å². The molecule has 0 saturated carbocycles. The highest BCUT2D eigenvalue weighted by Gasteiger charge is 2.36. The molecule has 0 spiro atoms. The molecule has 0 atom stereocenters. The number of hydrogen-bond donors (Lipinski definition) is 1. The Balaban J connectivity index is 1.49. The molecule has 1 aliphatic carbocycles. The molecule has 0 aromatic heterocycles. The first-order valence-electron chi connectivity index (χ1n) is 10.2. The summed E-state index contributed by atoms with van der Waals surface area (Å²) in [4.78, 5) is 2.40. The molecule has 1 aromatic carbocycles. The van der Waals surface area contributed by atoms with Gasteiger partial charge in [0.2, 0.25) is 0 Å². The van der Waals surface area contributed by atoms with E-state index in [1.54, 1.807) is 7.11 Å². The van der Waals surface area contributed by atoms with E-state index in [0.717, 1.165) is 62.0 Å². The van der Waals surface area contributed by atoms with Gasteiger partial charge in [0.15, 0.2) is 5.84 Å². The lowest BCUT2D eigenvalue weighted by atomic mass is 10.0. The number of likely N-dealkylation sites (tertiary alicyclic amines) is 1. The first-order chi connectivity index (χ1) is 13.8. The molecule has 1 fully saturated rings. The standard InChI is InChI=1S/C21H26N6O/c1-28-17-8-5-15(6-9-17)13-27-14-16-7-10-18-19(16)20(23-25-22-18)21(24-27)26-11-3-2-4-12-26/h5-6,8-9,25H,2-4,7,10-14H2,1H3. The third kappa shape index (κ3) is 3.15. The Labute approximate surface area is 165 Å². The van der Waals surface area contributed by atoms with Crippen LogP contribution in [0.5, 0.6) is 5.75 Å². The molecule has 146 valence electrons. The number of hydrazone groups is 3. The molecule has 1 N–H and O–H groups in total. The number of rotatable bonds is 3. The minimum atomic E-state index is 0.769. The Bertz CT molecular complexity index is 877. The largest absolute Gasteiger partial charge is 0.497 e. The molecule has 0 amide bonds. The molecule has 1 aromatic rings. The fourth-order valence-electron chi connectivity index (χ4n) is 4.44. The summed E-state index contributed by atoms with van der Waals surface area (Å²) < 4.78 is 5.29. The Hall–Kier alpha value is -2.83. The van der Waals surface area contributed by atoms with Crippen molar-refractivity contribution in [3.05, 3.63) is 41.0 Å². The van der Waals surface area contributed by atoms with Crippen molar-refractivity contribution in [2.75, 3.05) is 26.7 Å². The first kappa shape index (κ1) is 17.3. The zero-order chi connectivity index (χ0) is 18.9. The predicted molar refractivity (Wildman–Crippen MR) is 111 cm³/mol. The Morgan fingerprint density at radius 1 is 1.04 bits per heavy atom. The van der Waals surface area contributed by atoms with Gasteiger partial charge in [-0.25, -0.2) is 0 Å². The summed E-state index contributed by atoms with van der Waals surface area (Å²) in [5.41, 5.74) is 8.87. The van der Waals surface area contributed by atoms with Gasteiger partial charge >= 0.3 is 0 Å². The third-order valence-corrected chi connectivity index (χ3v) is 5.89. The van der Waals surface area contributed by atoms with Gasteiger partial charge in [-0.3, -0.25) is 5.01 Å². The minimum absolute atomic E-state index is 0.769. The maximum absolute atomic E-state index is 5.29. The zero-order valence-electron chi connectivity index (χ0n) is 16.3. The summed E-state index contributed by atoms with van der Waals surface area (Å²) >= 11 is 0. The molecule has 1 saturated heterocycles. The van der Waals surface area contributed by atoms with Crippen molar-refractivity contribution in [1.82, 2.24) is 15.4 Å². The van der Waals surface area contributed by atoms with Gasteiger partial charge in [0.1, 0.15) is 11.5 Å². The maximum Gasteiger partial charge on any atom is 0.177 e. The molecule has 4 aliphatic rings. The Kier molecular flexibility index (Phi) is 4.50. The topological polar surface area (TPSA) is 64.8 Å². The van der Waals surface area contributed by atoms with E-state index in [9.17, 15) is 0 Å². The van der Waals surface area contributed by atoms with Crippen molar-refractivity contribution >= 4 is 17.3 Å². The summed E-state index contributed by atoms with van der Waals surface area (Å²) in [5, 5.41) is 16.3. The van der Waals surface area contributed by atoms with Crippen molar-refractivity contribution in [3.8, 4) is 5.75 Å². The molecule has 0 radical (unpaired) electrons. The average Bonchev–Trinajstić information content (AvgIpc) is 3.08. The van der Waals surface area contributed by atoms with Crippen LogP contribution in [-0.4, -0.2) is 53.9 Å². The number of hydrogen-bond acceptors (Lipinski definition) is 7. The lowest BCUT2D eigenvalue weighted by Gasteiger charge is -2.31. The molecule has 7 nitrogen and oxygen atoms in total. The predicted octanol–water partition coefficient (Wildman–Crippen LogP) is 2.72. The quantitative estimate of drug-likeness (QED) is 0.878. The van der Waals surface area contributed by atoms with Crippen molar-refractivity contribution in [2.45, 2.75) is 38.6 Å². The molecule has 0 bridgehead atoms. The number of piperidine rings is 1. The van der Waals surface area contributed by atoms with E-state index in [-0.39, 0.29) is 0 Å². The van der Waals surface area contributed by atoms with E-state index in [4.69, 9.17) is 9.84 Å². The van der Waals surface area contributed by atoms with Crippen LogP contribution in [0.25, 0.3) is 0 Å². The maximum atomic E-state index is 5.29. The van der Waals surface area contributed by atoms with Crippen LogP contribution in [0.3, 0.4) is 0 Å². The first-order valence-corrected chi connectivity index (χ1v) is 10.2. The van der Waals surface area contributed by atoms with Crippen LogP contribution >= 0.6 is 0 Å². The van der Waals surface area contributed by atoms with E-state index in [2.05, 4.69) is 37.8 Å². The second-order valence-corrected chi connectivity index (χ2v) is 7.74. The van der Waals surface area contributed by atoms with Gasteiger partial charge < -0.3 is 9.64 Å². The monoisotopic (exact) mass is 378 g/mol. The number of amidine groups is 1. The van der Waals surface area contributed by atoms with Crippen molar-refractivity contribution in [2.24, 2.45) is 15.3 Å². The lowest BCUT2D eigenvalue weighted by Crippen LogP contribution is -2.43. The van der Waals surface area contributed by atoms with Crippen LogP contribution in [0.4, 0.5) is 0 Å². The SMILES string of the molecule is COc1ccc(CN2CC3=C4C(=NNN=C4C(N4CCCCC4)=N2)CC3)cc1. The van der Waals surface area contributed by atoms with E-state index in [1.807, 2.05) is 12.1 Å². The van der Waals surface area contributed by atoms with Gasteiger partial charge in [-0.2, -0.15) is 20.8 Å². The van der Waals surface area contributed by atoms with Crippen molar-refractivity contribution in [3.63, 3.8) is 0 Å². The molecular formula is C21H26N6O. The fraction of sp³-hybridized carbons (Fsp3) is 0.476. The number of benzene rings is 1. The Morgan fingerprint density at radius 3 is 2.64 bits per heavy atom. The highest BCUT2D eigenvalue weighted by atomic mass is 16.5.